The number of amides is 1. The van der Waals surface area contributed by atoms with E-state index in [4.69, 9.17) is 9.84 Å². The zero-order chi connectivity index (χ0) is 18.4. The molecule has 25 heavy (non-hydrogen) atoms. The third-order valence-electron chi connectivity index (χ3n) is 3.13. The molecule has 0 saturated carbocycles. The predicted molar refractivity (Wildman–Crippen MR) is 84.3 cm³/mol. The number of hydrogen-bond donors (Lipinski definition) is 2. The summed E-state index contributed by atoms with van der Waals surface area (Å²) in [5.74, 6) is -2.51. The van der Waals surface area contributed by atoms with E-state index in [2.05, 4.69) is 5.32 Å². The fourth-order valence-electron chi connectivity index (χ4n) is 1.89. The second-order valence-corrected chi connectivity index (χ2v) is 4.90. The largest absolute Gasteiger partial charge is 0.452 e. The Morgan fingerprint density at radius 2 is 1.88 bits per heavy atom. The van der Waals surface area contributed by atoms with E-state index in [0.29, 0.717) is 5.56 Å². The molecule has 0 radical (unpaired) electrons. The molecular weight excluding hydrogens is 335 g/mol. The first-order valence-electron chi connectivity index (χ1n) is 7.01. The van der Waals surface area contributed by atoms with Gasteiger partial charge in [-0.3, -0.25) is 14.9 Å². The summed E-state index contributed by atoms with van der Waals surface area (Å²) < 4.78 is 18.0. The predicted octanol–water partition coefficient (Wildman–Crippen LogP) is 2.02. The van der Waals surface area contributed by atoms with Crippen LogP contribution in [-0.4, -0.2) is 28.5 Å². The number of nitro groups is 1. The van der Waals surface area contributed by atoms with Crippen molar-refractivity contribution in [2.24, 2.45) is 0 Å². The van der Waals surface area contributed by atoms with Gasteiger partial charge in [0.15, 0.2) is 6.61 Å². The zero-order valence-corrected chi connectivity index (χ0v) is 12.8. The first kappa shape index (κ1) is 18.0. The van der Waals surface area contributed by atoms with Crippen molar-refractivity contribution in [1.29, 1.82) is 0 Å². The Kier molecular flexibility index (Phi) is 5.75. The number of halogens is 1. The van der Waals surface area contributed by atoms with Crippen molar-refractivity contribution in [2.45, 2.75) is 6.61 Å². The van der Waals surface area contributed by atoms with Crippen LogP contribution in [0.1, 0.15) is 15.9 Å². The second kappa shape index (κ2) is 7.97. The molecular formula is C16H13FN2O6. The Morgan fingerprint density at radius 1 is 1.20 bits per heavy atom. The lowest BCUT2D eigenvalue weighted by Crippen LogP contribution is -2.21. The molecule has 130 valence electrons. The minimum atomic E-state index is -1.03. The first-order chi connectivity index (χ1) is 11.9. The molecule has 0 aliphatic rings. The minimum absolute atomic E-state index is 0.00134. The number of hydrogen-bond acceptors (Lipinski definition) is 6. The average Bonchev–Trinajstić information content (AvgIpc) is 2.61. The van der Waals surface area contributed by atoms with Crippen LogP contribution in [0.3, 0.4) is 0 Å². The van der Waals surface area contributed by atoms with Gasteiger partial charge in [-0.1, -0.05) is 12.1 Å². The number of nitrogens with one attached hydrogen (secondary N) is 1. The highest BCUT2D eigenvalue weighted by molar-refractivity contribution is 5.95. The molecule has 9 heteroatoms. The molecule has 0 heterocycles. The topological polar surface area (TPSA) is 119 Å². The summed E-state index contributed by atoms with van der Waals surface area (Å²) >= 11 is 0. The number of aliphatic hydroxyl groups is 1. The number of carbonyl (C=O) groups is 2. The van der Waals surface area contributed by atoms with Gasteiger partial charge in [0.05, 0.1) is 17.1 Å². The molecule has 2 rings (SSSR count). The van der Waals surface area contributed by atoms with Crippen LogP contribution in [-0.2, 0) is 16.1 Å². The first-order valence-corrected chi connectivity index (χ1v) is 7.01. The molecule has 0 bridgehead atoms. The summed E-state index contributed by atoms with van der Waals surface area (Å²) in [6.07, 6.45) is 0. The minimum Gasteiger partial charge on any atom is -0.452 e. The Morgan fingerprint density at radius 3 is 2.48 bits per heavy atom. The molecule has 1 amide bonds. The van der Waals surface area contributed by atoms with Crippen molar-refractivity contribution in [1.82, 2.24) is 0 Å². The van der Waals surface area contributed by atoms with Crippen LogP contribution in [0.2, 0.25) is 0 Å². The molecule has 0 unspecified atom stereocenters. The normalized spacial score (nSPS) is 10.2. The third kappa shape index (κ3) is 4.82. The summed E-state index contributed by atoms with van der Waals surface area (Å²) in [5.41, 5.74) is 0.0369. The standard InChI is InChI=1S/C16H13FN2O6/c17-13-6-5-12(7-14(13)19(23)24)18-15(21)9-25-16(22)11-3-1-10(8-20)2-4-11/h1-7,20H,8-9H2,(H,18,21). The van der Waals surface area contributed by atoms with E-state index in [1.54, 1.807) is 0 Å². The van der Waals surface area contributed by atoms with E-state index in [1.807, 2.05) is 0 Å². The van der Waals surface area contributed by atoms with Crippen LogP contribution < -0.4 is 5.32 Å². The molecule has 0 atom stereocenters. The van der Waals surface area contributed by atoms with Gasteiger partial charge in [-0.05, 0) is 29.8 Å². The fourth-order valence-corrected chi connectivity index (χ4v) is 1.89. The van der Waals surface area contributed by atoms with E-state index in [9.17, 15) is 24.1 Å². The smallest absolute Gasteiger partial charge is 0.338 e. The summed E-state index contributed by atoms with van der Waals surface area (Å²) in [4.78, 5) is 33.2. The van der Waals surface area contributed by atoms with E-state index >= 15 is 0 Å². The van der Waals surface area contributed by atoms with Crippen molar-refractivity contribution in [3.8, 4) is 0 Å². The Balaban J connectivity index is 1.93. The molecule has 2 N–H and O–H groups in total. The maximum Gasteiger partial charge on any atom is 0.338 e. The molecule has 0 aromatic heterocycles. The highest BCUT2D eigenvalue weighted by Crippen LogP contribution is 2.21. The molecule has 0 spiro atoms. The van der Waals surface area contributed by atoms with Crippen LogP contribution in [0.4, 0.5) is 15.8 Å². The number of rotatable bonds is 6. The number of benzene rings is 2. The lowest BCUT2D eigenvalue weighted by molar-refractivity contribution is -0.387. The lowest BCUT2D eigenvalue weighted by Gasteiger charge is -2.07. The Bertz CT molecular complexity index is 807. The lowest BCUT2D eigenvalue weighted by atomic mass is 10.1. The Labute approximate surface area is 141 Å². The third-order valence-corrected chi connectivity index (χ3v) is 3.13. The Hall–Kier alpha value is -3.33. The van der Waals surface area contributed by atoms with E-state index in [0.717, 1.165) is 18.2 Å². The summed E-state index contributed by atoms with van der Waals surface area (Å²) in [5, 5.41) is 21.8. The van der Waals surface area contributed by atoms with Gasteiger partial charge < -0.3 is 15.2 Å². The van der Waals surface area contributed by atoms with Crippen LogP contribution in [0.15, 0.2) is 42.5 Å². The maximum atomic E-state index is 13.2. The maximum absolute atomic E-state index is 13.2. The summed E-state index contributed by atoms with van der Waals surface area (Å²) in [6, 6.07) is 8.81. The second-order valence-electron chi connectivity index (χ2n) is 4.90. The molecule has 8 nitrogen and oxygen atoms in total. The van der Waals surface area contributed by atoms with Gasteiger partial charge in [-0.15, -0.1) is 0 Å². The van der Waals surface area contributed by atoms with Gasteiger partial charge in [-0.25, -0.2) is 4.79 Å². The van der Waals surface area contributed by atoms with Crippen LogP contribution in [0.25, 0.3) is 0 Å². The van der Waals surface area contributed by atoms with Crippen molar-refractivity contribution in [2.75, 3.05) is 11.9 Å². The van der Waals surface area contributed by atoms with E-state index < -0.39 is 34.9 Å². The van der Waals surface area contributed by atoms with Crippen molar-refractivity contribution >= 4 is 23.3 Å². The molecule has 0 aliphatic carbocycles. The van der Waals surface area contributed by atoms with Crippen LogP contribution in [0, 0.1) is 15.9 Å². The van der Waals surface area contributed by atoms with Gasteiger partial charge in [-0.2, -0.15) is 4.39 Å². The van der Waals surface area contributed by atoms with Gasteiger partial charge in [0, 0.05) is 11.8 Å². The average molecular weight is 348 g/mol. The molecule has 2 aromatic carbocycles. The quantitative estimate of drug-likeness (QED) is 0.468. The van der Waals surface area contributed by atoms with E-state index in [-0.39, 0.29) is 17.9 Å². The highest BCUT2D eigenvalue weighted by atomic mass is 19.1. The number of esters is 1. The molecule has 0 saturated heterocycles. The monoisotopic (exact) mass is 348 g/mol. The van der Waals surface area contributed by atoms with Crippen molar-refractivity contribution in [3.05, 3.63) is 69.5 Å². The number of ether oxygens (including phenoxy) is 1. The van der Waals surface area contributed by atoms with Crippen molar-refractivity contribution in [3.63, 3.8) is 0 Å². The van der Waals surface area contributed by atoms with Crippen molar-refractivity contribution < 1.29 is 28.7 Å². The number of anilines is 1. The van der Waals surface area contributed by atoms with Gasteiger partial charge in [0.2, 0.25) is 5.82 Å². The fraction of sp³-hybridized carbons (Fsp3) is 0.125. The van der Waals surface area contributed by atoms with E-state index in [1.165, 1.54) is 24.3 Å². The molecule has 0 aliphatic heterocycles. The van der Waals surface area contributed by atoms with Crippen LogP contribution in [0.5, 0.6) is 0 Å². The summed E-state index contributed by atoms with van der Waals surface area (Å²) in [6.45, 7) is -0.784. The highest BCUT2D eigenvalue weighted by Gasteiger charge is 2.16. The number of aliphatic hydroxyl groups excluding tert-OH is 1. The molecule has 0 fully saturated rings. The number of carbonyl (C=O) groups excluding carboxylic acids is 2. The van der Waals surface area contributed by atoms with Gasteiger partial charge >= 0.3 is 11.7 Å². The number of nitro benzene ring substituents is 1. The zero-order valence-electron chi connectivity index (χ0n) is 12.8. The van der Waals surface area contributed by atoms with Gasteiger partial charge in [0.1, 0.15) is 0 Å². The molecule has 2 aromatic rings. The SMILES string of the molecule is O=C(COC(=O)c1ccc(CO)cc1)Nc1ccc(F)c([N+](=O)[O-])c1. The van der Waals surface area contributed by atoms with Crippen LogP contribution >= 0.6 is 0 Å². The number of nitrogens with zero attached hydrogens (tertiary/aromatic N) is 1. The van der Waals surface area contributed by atoms with Gasteiger partial charge in [0.25, 0.3) is 5.91 Å². The summed E-state index contributed by atoms with van der Waals surface area (Å²) in [7, 11) is 0.